The summed E-state index contributed by atoms with van der Waals surface area (Å²) in [5.41, 5.74) is 3.16. The van der Waals surface area contributed by atoms with Gasteiger partial charge in [0.2, 0.25) is 0 Å². The Hall–Kier alpha value is -1.02. The Kier molecular flexibility index (Phi) is 2.25. The molecule has 2 fully saturated rings. The van der Waals surface area contributed by atoms with Crippen LogP contribution in [0.25, 0.3) is 0 Å². The molecule has 3 aliphatic rings. The highest BCUT2D eigenvalue weighted by Gasteiger charge is 2.48. The fourth-order valence-corrected chi connectivity index (χ4v) is 4.70. The second-order valence-corrected chi connectivity index (χ2v) is 6.24. The maximum Gasteiger partial charge on any atom is 0.119 e. The van der Waals surface area contributed by atoms with E-state index in [0.29, 0.717) is 0 Å². The minimum atomic E-state index is 0.795. The highest BCUT2D eigenvalue weighted by molar-refractivity contribution is 5.43. The van der Waals surface area contributed by atoms with Crippen LogP contribution in [0.3, 0.4) is 0 Å². The van der Waals surface area contributed by atoms with Crippen LogP contribution in [0.4, 0.5) is 0 Å². The number of nitrogens with zero attached hydrogens (tertiary/aromatic N) is 1. The maximum absolute atomic E-state index is 5.40. The Labute approximate surface area is 109 Å². The van der Waals surface area contributed by atoms with Gasteiger partial charge in [0.25, 0.3) is 0 Å². The van der Waals surface area contributed by atoms with Crippen LogP contribution >= 0.6 is 0 Å². The van der Waals surface area contributed by atoms with Crippen molar-refractivity contribution in [1.82, 2.24) is 4.90 Å². The molecule has 0 spiro atoms. The molecule has 0 radical (unpaired) electrons. The Balaban J connectivity index is 1.74. The van der Waals surface area contributed by atoms with Crippen molar-refractivity contribution >= 4 is 0 Å². The molecule has 2 bridgehead atoms. The molecular weight excluding hydrogens is 222 g/mol. The molecule has 1 aromatic carbocycles. The summed E-state index contributed by atoms with van der Waals surface area (Å²) in [5, 5.41) is 0. The summed E-state index contributed by atoms with van der Waals surface area (Å²) in [5.74, 6) is 2.68. The highest BCUT2D eigenvalue weighted by Crippen LogP contribution is 2.52. The molecule has 18 heavy (non-hydrogen) atoms. The van der Waals surface area contributed by atoms with Gasteiger partial charge in [-0.05, 0) is 67.8 Å². The topological polar surface area (TPSA) is 12.5 Å². The molecule has 2 nitrogen and oxygen atoms in total. The van der Waals surface area contributed by atoms with Crippen molar-refractivity contribution in [3.63, 3.8) is 0 Å². The van der Waals surface area contributed by atoms with Crippen LogP contribution in [0.2, 0.25) is 0 Å². The predicted molar refractivity (Wildman–Crippen MR) is 72.1 cm³/mol. The van der Waals surface area contributed by atoms with Gasteiger partial charge >= 0.3 is 0 Å². The Morgan fingerprint density at radius 1 is 1.28 bits per heavy atom. The van der Waals surface area contributed by atoms with E-state index in [1.807, 2.05) is 0 Å². The van der Waals surface area contributed by atoms with Crippen molar-refractivity contribution in [2.75, 3.05) is 14.2 Å². The lowest BCUT2D eigenvalue weighted by molar-refractivity contribution is 0.109. The lowest BCUT2D eigenvalue weighted by atomic mass is 9.81. The average Bonchev–Trinajstić information content (AvgIpc) is 2.86. The van der Waals surface area contributed by atoms with Gasteiger partial charge in [0, 0.05) is 12.1 Å². The number of rotatable bonds is 1. The SMILES string of the molecule is COc1ccc2c(c1)C1CC3CCC(C1C2)N3C. The zero-order valence-corrected chi connectivity index (χ0v) is 11.2. The summed E-state index contributed by atoms with van der Waals surface area (Å²) in [6.45, 7) is 0. The first-order chi connectivity index (χ1) is 8.78. The Morgan fingerprint density at radius 3 is 3.00 bits per heavy atom. The number of hydrogen-bond acceptors (Lipinski definition) is 2. The fraction of sp³-hybridized carbons (Fsp3) is 0.625. The largest absolute Gasteiger partial charge is 0.497 e. The molecule has 2 saturated heterocycles. The van der Waals surface area contributed by atoms with Gasteiger partial charge in [-0.1, -0.05) is 6.07 Å². The normalized spacial score (nSPS) is 37.4. The summed E-state index contributed by atoms with van der Waals surface area (Å²) >= 11 is 0. The van der Waals surface area contributed by atoms with Crippen LogP contribution in [0.5, 0.6) is 5.75 Å². The van der Waals surface area contributed by atoms with Crippen LogP contribution < -0.4 is 4.74 Å². The van der Waals surface area contributed by atoms with Gasteiger partial charge in [0.1, 0.15) is 5.75 Å². The average molecular weight is 243 g/mol. The van der Waals surface area contributed by atoms with Crippen molar-refractivity contribution in [2.24, 2.45) is 5.92 Å². The van der Waals surface area contributed by atoms with E-state index in [4.69, 9.17) is 4.74 Å². The van der Waals surface area contributed by atoms with Crippen molar-refractivity contribution in [2.45, 2.75) is 43.7 Å². The molecule has 4 rings (SSSR count). The van der Waals surface area contributed by atoms with Crippen molar-refractivity contribution in [3.8, 4) is 5.75 Å². The van der Waals surface area contributed by atoms with Gasteiger partial charge in [-0.3, -0.25) is 0 Å². The fourth-order valence-electron chi connectivity index (χ4n) is 4.70. The molecule has 2 heteroatoms. The van der Waals surface area contributed by atoms with Gasteiger partial charge < -0.3 is 9.64 Å². The quantitative estimate of drug-likeness (QED) is 0.752. The van der Waals surface area contributed by atoms with E-state index in [-0.39, 0.29) is 0 Å². The molecule has 0 N–H and O–H groups in total. The summed E-state index contributed by atoms with van der Waals surface area (Å²) in [4.78, 5) is 2.66. The van der Waals surface area contributed by atoms with Crippen molar-refractivity contribution < 1.29 is 4.74 Å². The number of piperidine rings is 1. The lowest BCUT2D eigenvalue weighted by Gasteiger charge is -2.40. The molecule has 1 aliphatic carbocycles. The van der Waals surface area contributed by atoms with Gasteiger partial charge in [0.05, 0.1) is 7.11 Å². The Morgan fingerprint density at radius 2 is 2.17 bits per heavy atom. The molecule has 0 amide bonds. The summed E-state index contributed by atoms with van der Waals surface area (Å²) < 4.78 is 5.40. The summed E-state index contributed by atoms with van der Waals surface area (Å²) in [7, 11) is 4.11. The third-order valence-corrected chi connectivity index (χ3v) is 5.64. The maximum atomic E-state index is 5.40. The Bertz CT molecular complexity index is 484. The zero-order chi connectivity index (χ0) is 12.3. The second-order valence-electron chi connectivity index (χ2n) is 6.24. The first kappa shape index (κ1) is 10.9. The van der Waals surface area contributed by atoms with Crippen LogP contribution in [-0.2, 0) is 6.42 Å². The van der Waals surface area contributed by atoms with Gasteiger partial charge in [-0.2, -0.15) is 0 Å². The molecule has 2 heterocycles. The molecular formula is C16H21NO. The van der Waals surface area contributed by atoms with Crippen LogP contribution in [0.15, 0.2) is 18.2 Å². The van der Waals surface area contributed by atoms with E-state index in [0.717, 1.165) is 29.7 Å². The molecule has 0 aromatic heterocycles. The highest BCUT2D eigenvalue weighted by atomic mass is 16.5. The first-order valence-electron chi connectivity index (χ1n) is 7.16. The minimum Gasteiger partial charge on any atom is -0.497 e. The smallest absolute Gasteiger partial charge is 0.119 e. The molecule has 2 aliphatic heterocycles. The van der Waals surface area contributed by atoms with Crippen LogP contribution in [0, 0.1) is 5.92 Å². The van der Waals surface area contributed by atoms with E-state index in [9.17, 15) is 0 Å². The molecule has 4 atom stereocenters. The number of fused-ring (bicyclic) bond motifs is 6. The van der Waals surface area contributed by atoms with E-state index >= 15 is 0 Å². The van der Waals surface area contributed by atoms with E-state index in [1.54, 1.807) is 18.2 Å². The number of ether oxygens (including phenoxy) is 1. The van der Waals surface area contributed by atoms with Crippen molar-refractivity contribution in [3.05, 3.63) is 29.3 Å². The van der Waals surface area contributed by atoms with Crippen LogP contribution in [-0.4, -0.2) is 31.1 Å². The van der Waals surface area contributed by atoms with E-state index < -0.39 is 0 Å². The molecule has 1 aromatic rings. The molecule has 0 saturated carbocycles. The zero-order valence-electron chi connectivity index (χ0n) is 11.2. The predicted octanol–water partition coefficient (Wildman–Crippen LogP) is 2.82. The summed E-state index contributed by atoms with van der Waals surface area (Å²) in [6, 6.07) is 8.36. The third-order valence-electron chi connectivity index (χ3n) is 5.64. The number of hydrogen-bond donors (Lipinski definition) is 0. The number of methoxy groups -OCH3 is 1. The number of benzene rings is 1. The third kappa shape index (κ3) is 1.33. The standard InChI is InChI=1S/C16H21NO/c1-17-11-4-6-16(17)15-7-10-3-5-12(18-2)9-13(10)14(15)8-11/h3,5,9,11,14-16H,4,6-8H2,1-2H3. The van der Waals surface area contributed by atoms with E-state index in [2.05, 4.69) is 30.1 Å². The first-order valence-corrected chi connectivity index (χ1v) is 7.16. The van der Waals surface area contributed by atoms with Gasteiger partial charge in [-0.15, -0.1) is 0 Å². The van der Waals surface area contributed by atoms with Crippen LogP contribution in [0.1, 0.15) is 36.3 Å². The van der Waals surface area contributed by atoms with Gasteiger partial charge in [0.15, 0.2) is 0 Å². The van der Waals surface area contributed by atoms with E-state index in [1.165, 1.54) is 25.7 Å². The molecule has 4 unspecified atom stereocenters. The monoisotopic (exact) mass is 243 g/mol. The summed E-state index contributed by atoms with van der Waals surface area (Å²) in [6.07, 6.45) is 5.46. The molecule has 96 valence electrons. The lowest BCUT2D eigenvalue weighted by Crippen LogP contribution is -2.44. The van der Waals surface area contributed by atoms with Gasteiger partial charge in [-0.25, -0.2) is 0 Å². The van der Waals surface area contributed by atoms with Crippen molar-refractivity contribution in [1.29, 1.82) is 0 Å². The minimum absolute atomic E-state index is 0.795. The second kappa shape index (κ2) is 3.74.